The molecular formula is C8H16N2O. The zero-order chi connectivity index (χ0) is 8.43. The zero-order valence-electron chi connectivity index (χ0n) is 7.42. The van der Waals surface area contributed by atoms with Crippen LogP contribution in [0, 0.1) is 5.92 Å². The minimum Gasteiger partial charge on any atom is -0.343 e. The predicted molar refractivity (Wildman–Crippen MR) is 44.3 cm³/mol. The van der Waals surface area contributed by atoms with Crippen molar-refractivity contribution < 1.29 is 4.79 Å². The second-order valence-electron chi connectivity index (χ2n) is 3.51. The van der Waals surface area contributed by atoms with Gasteiger partial charge in [-0.3, -0.25) is 4.79 Å². The minimum absolute atomic E-state index is 0.196. The van der Waals surface area contributed by atoms with E-state index in [9.17, 15) is 4.79 Å². The van der Waals surface area contributed by atoms with Gasteiger partial charge in [-0.1, -0.05) is 13.8 Å². The number of nitrogens with one attached hydrogen (secondary N) is 1. The number of amides is 1. The fraction of sp³-hybridized carbons (Fsp3) is 0.875. The molecule has 0 aromatic rings. The van der Waals surface area contributed by atoms with Gasteiger partial charge < -0.3 is 10.2 Å². The molecule has 0 saturated carbocycles. The summed E-state index contributed by atoms with van der Waals surface area (Å²) in [7, 11) is 1.86. The third-order valence-corrected chi connectivity index (χ3v) is 2.22. The monoisotopic (exact) mass is 156 g/mol. The van der Waals surface area contributed by atoms with Crippen LogP contribution in [0.2, 0.25) is 0 Å². The van der Waals surface area contributed by atoms with Crippen LogP contribution in [0.15, 0.2) is 0 Å². The Balaban J connectivity index is 2.46. The standard InChI is InChI=1S/C8H16N2O/c1-6(2)7-5-10(3)8(11)4-9-7/h6-7,9H,4-5H2,1-3H3/t7-/m0/s1. The van der Waals surface area contributed by atoms with E-state index in [1.807, 2.05) is 7.05 Å². The van der Waals surface area contributed by atoms with Crippen molar-refractivity contribution in [3.8, 4) is 0 Å². The van der Waals surface area contributed by atoms with E-state index in [0.29, 0.717) is 18.5 Å². The van der Waals surface area contributed by atoms with Gasteiger partial charge in [-0.15, -0.1) is 0 Å². The van der Waals surface area contributed by atoms with E-state index in [1.54, 1.807) is 4.90 Å². The lowest BCUT2D eigenvalue weighted by Gasteiger charge is -2.32. The summed E-state index contributed by atoms with van der Waals surface area (Å²) < 4.78 is 0. The maximum atomic E-state index is 11.0. The Hall–Kier alpha value is -0.570. The molecule has 1 rings (SSSR count). The number of nitrogens with zero attached hydrogens (tertiary/aromatic N) is 1. The van der Waals surface area contributed by atoms with Gasteiger partial charge in [0.1, 0.15) is 0 Å². The van der Waals surface area contributed by atoms with Crippen LogP contribution in [0.4, 0.5) is 0 Å². The molecule has 1 saturated heterocycles. The molecule has 1 amide bonds. The van der Waals surface area contributed by atoms with E-state index < -0.39 is 0 Å². The van der Waals surface area contributed by atoms with Crippen molar-refractivity contribution in [2.24, 2.45) is 5.92 Å². The molecular weight excluding hydrogens is 140 g/mol. The van der Waals surface area contributed by atoms with Crippen molar-refractivity contribution in [3.05, 3.63) is 0 Å². The summed E-state index contributed by atoms with van der Waals surface area (Å²) in [6.45, 7) is 5.68. The first-order chi connectivity index (χ1) is 5.11. The van der Waals surface area contributed by atoms with Gasteiger partial charge in [0.05, 0.1) is 6.54 Å². The largest absolute Gasteiger partial charge is 0.343 e. The van der Waals surface area contributed by atoms with Crippen molar-refractivity contribution in [2.45, 2.75) is 19.9 Å². The third kappa shape index (κ3) is 1.93. The SMILES string of the molecule is CC(C)[C@@H]1CN(C)C(=O)CN1. The van der Waals surface area contributed by atoms with Crippen LogP contribution in [0.25, 0.3) is 0 Å². The molecule has 0 spiro atoms. The van der Waals surface area contributed by atoms with Crippen LogP contribution in [0.1, 0.15) is 13.8 Å². The Labute approximate surface area is 67.8 Å². The first-order valence-electron chi connectivity index (χ1n) is 4.08. The van der Waals surface area contributed by atoms with E-state index in [2.05, 4.69) is 19.2 Å². The minimum atomic E-state index is 0.196. The number of hydrogen-bond donors (Lipinski definition) is 1. The van der Waals surface area contributed by atoms with Gasteiger partial charge in [-0.05, 0) is 5.92 Å². The molecule has 1 heterocycles. The van der Waals surface area contributed by atoms with Gasteiger partial charge in [-0.2, -0.15) is 0 Å². The number of carbonyl (C=O) groups excluding carboxylic acids is 1. The number of carbonyl (C=O) groups is 1. The second kappa shape index (κ2) is 3.22. The molecule has 0 aromatic carbocycles. The van der Waals surface area contributed by atoms with Gasteiger partial charge in [0.15, 0.2) is 0 Å². The smallest absolute Gasteiger partial charge is 0.236 e. The molecule has 64 valence electrons. The Morgan fingerprint density at radius 2 is 2.27 bits per heavy atom. The predicted octanol–water partition coefficient (Wildman–Crippen LogP) is 0.0726. The molecule has 0 unspecified atom stereocenters. The fourth-order valence-corrected chi connectivity index (χ4v) is 1.26. The molecule has 0 radical (unpaired) electrons. The van der Waals surface area contributed by atoms with Crippen molar-refractivity contribution in [1.29, 1.82) is 0 Å². The highest BCUT2D eigenvalue weighted by Crippen LogP contribution is 2.06. The Kier molecular flexibility index (Phi) is 2.49. The van der Waals surface area contributed by atoms with E-state index in [4.69, 9.17) is 0 Å². The van der Waals surface area contributed by atoms with Crippen LogP contribution < -0.4 is 5.32 Å². The second-order valence-corrected chi connectivity index (χ2v) is 3.51. The molecule has 1 atom stereocenters. The molecule has 0 bridgehead atoms. The van der Waals surface area contributed by atoms with E-state index in [0.717, 1.165) is 6.54 Å². The Bertz CT molecular complexity index is 156. The lowest BCUT2D eigenvalue weighted by atomic mass is 10.0. The molecule has 1 aliphatic heterocycles. The molecule has 0 aromatic heterocycles. The summed E-state index contributed by atoms with van der Waals surface area (Å²) in [6, 6.07) is 0.470. The first kappa shape index (κ1) is 8.53. The number of likely N-dealkylation sites (N-methyl/N-ethyl adjacent to an activating group) is 1. The molecule has 3 nitrogen and oxygen atoms in total. The van der Waals surface area contributed by atoms with Crippen molar-refractivity contribution in [2.75, 3.05) is 20.1 Å². The quantitative estimate of drug-likeness (QED) is 0.583. The lowest BCUT2D eigenvalue weighted by Crippen LogP contribution is -2.54. The van der Waals surface area contributed by atoms with Gasteiger partial charge in [-0.25, -0.2) is 0 Å². The summed E-state index contributed by atoms with van der Waals surface area (Å²) in [5, 5.41) is 3.21. The normalized spacial score (nSPS) is 26.4. The first-order valence-corrected chi connectivity index (χ1v) is 4.08. The zero-order valence-corrected chi connectivity index (χ0v) is 7.42. The Morgan fingerprint density at radius 3 is 2.73 bits per heavy atom. The highest BCUT2D eigenvalue weighted by molar-refractivity contribution is 5.78. The summed E-state index contributed by atoms with van der Waals surface area (Å²) in [5.41, 5.74) is 0. The highest BCUT2D eigenvalue weighted by Gasteiger charge is 2.23. The van der Waals surface area contributed by atoms with Crippen LogP contribution in [-0.4, -0.2) is 37.0 Å². The molecule has 3 heteroatoms. The molecule has 1 N–H and O–H groups in total. The van der Waals surface area contributed by atoms with Crippen LogP contribution in [0.3, 0.4) is 0 Å². The molecule has 1 aliphatic rings. The van der Waals surface area contributed by atoms with Gasteiger partial charge >= 0.3 is 0 Å². The highest BCUT2D eigenvalue weighted by atomic mass is 16.2. The number of piperazine rings is 1. The lowest BCUT2D eigenvalue weighted by molar-refractivity contribution is -0.131. The number of hydrogen-bond acceptors (Lipinski definition) is 2. The molecule has 11 heavy (non-hydrogen) atoms. The Morgan fingerprint density at radius 1 is 1.64 bits per heavy atom. The van der Waals surface area contributed by atoms with E-state index in [-0.39, 0.29) is 5.91 Å². The van der Waals surface area contributed by atoms with Gasteiger partial charge in [0, 0.05) is 19.6 Å². The summed E-state index contributed by atoms with van der Waals surface area (Å²) in [4.78, 5) is 12.8. The third-order valence-electron chi connectivity index (χ3n) is 2.22. The van der Waals surface area contributed by atoms with Gasteiger partial charge in [0.2, 0.25) is 5.91 Å². The van der Waals surface area contributed by atoms with Crippen LogP contribution in [0.5, 0.6) is 0 Å². The van der Waals surface area contributed by atoms with Crippen molar-refractivity contribution in [1.82, 2.24) is 10.2 Å². The maximum absolute atomic E-state index is 11.0. The summed E-state index contributed by atoms with van der Waals surface area (Å²) in [5.74, 6) is 0.799. The van der Waals surface area contributed by atoms with E-state index in [1.165, 1.54) is 0 Å². The van der Waals surface area contributed by atoms with Crippen LogP contribution >= 0.6 is 0 Å². The summed E-state index contributed by atoms with van der Waals surface area (Å²) >= 11 is 0. The molecule has 1 fully saturated rings. The topological polar surface area (TPSA) is 32.3 Å². The summed E-state index contributed by atoms with van der Waals surface area (Å²) in [6.07, 6.45) is 0. The average Bonchev–Trinajstić information content (AvgIpc) is 1.94. The van der Waals surface area contributed by atoms with Crippen molar-refractivity contribution in [3.63, 3.8) is 0 Å². The van der Waals surface area contributed by atoms with Crippen molar-refractivity contribution >= 4 is 5.91 Å². The fourth-order valence-electron chi connectivity index (χ4n) is 1.26. The maximum Gasteiger partial charge on any atom is 0.236 e. The number of rotatable bonds is 1. The van der Waals surface area contributed by atoms with Crippen LogP contribution in [-0.2, 0) is 4.79 Å². The average molecular weight is 156 g/mol. The van der Waals surface area contributed by atoms with Gasteiger partial charge in [0.25, 0.3) is 0 Å². The van der Waals surface area contributed by atoms with E-state index >= 15 is 0 Å². The molecule has 0 aliphatic carbocycles.